The first kappa shape index (κ1) is 54.5. The van der Waals surface area contributed by atoms with Crippen LogP contribution in [0.4, 0.5) is 20.1 Å². The van der Waals surface area contributed by atoms with E-state index in [-0.39, 0.29) is 28.5 Å². The number of benzene rings is 5. The number of β-lactam (4-membered cyclic amide) rings is 1. The maximum atomic E-state index is 14.4. The van der Waals surface area contributed by atoms with E-state index in [9.17, 15) is 33.6 Å². The first-order chi connectivity index (χ1) is 35.8. The summed E-state index contributed by atoms with van der Waals surface area (Å²) in [7, 11) is 1.39. The zero-order chi connectivity index (χ0) is 53.9. The van der Waals surface area contributed by atoms with Gasteiger partial charge in [0.25, 0.3) is 5.91 Å². The Kier molecular flexibility index (Phi) is 17.5. The molecule has 18 nitrogen and oxygen atoms in total. The number of thioether (sulfide) groups is 1. The molecule has 392 valence electrons. The van der Waals surface area contributed by atoms with Gasteiger partial charge in [0.05, 0.1) is 12.9 Å². The molecule has 2 unspecified atom stereocenters. The number of anilines is 1. The van der Waals surface area contributed by atoms with Crippen LogP contribution in [0.25, 0.3) is 0 Å². The fraction of sp³-hybridized carbons (Fsp3) is 0.304. The number of fused-ring (bicyclic) bond motifs is 1. The number of methoxy groups -OCH3 is 1. The van der Waals surface area contributed by atoms with Gasteiger partial charge in [-0.15, -0.1) is 11.8 Å². The minimum absolute atomic E-state index is 0.0900. The first-order valence-electron chi connectivity index (χ1n) is 23.9. The molecule has 1 fully saturated rings. The third-order valence-corrected chi connectivity index (χ3v) is 12.5. The highest BCUT2D eigenvalue weighted by Gasteiger charge is 2.55. The molecule has 0 saturated carbocycles. The number of nitrogens with one attached hydrogen (secondary N) is 4. The number of hydrogen-bond donors (Lipinski definition) is 4. The van der Waals surface area contributed by atoms with Gasteiger partial charge in [0.1, 0.15) is 41.0 Å². The number of carbonyl (C=O) groups excluding carboxylic acids is 7. The molecule has 2 heterocycles. The van der Waals surface area contributed by atoms with Crippen LogP contribution in [0.1, 0.15) is 87.6 Å². The lowest BCUT2D eigenvalue weighted by atomic mass is 10.0. The fourth-order valence-corrected chi connectivity index (χ4v) is 9.27. The molecule has 4 N–H and O–H groups in total. The third kappa shape index (κ3) is 14.5. The second-order valence-corrected chi connectivity index (χ2v) is 20.3. The van der Waals surface area contributed by atoms with E-state index in [1.807, 2.05) is 72.8 Å². The van der Waals surface area contributed by atoms with Gasteiger partial charge in [-0.3, -0.25) is 19.8 Å². The number of ether oxygens (including phenoxy) is 6. The molecule has 7 rings (SSSR count). The zero-order valence-corrected chi connectivity index (χ0v) is 43.2. The van der Waals surface area contributed by atoms with Crippen molar-refractivity contribution in [3.8, 4) is 0 Å². The lowest BCUT2D eigenvalue weighted by Gasteiger charge is -2.49. The molecule has 19 heteroatoms. The predicted molar refractivity (Wildman–Crippen MR) is 277 cm³/mol. The van der Waals surface area contributed by atoms with E-state index in [1.54, 1.807) is 90.1 Å². The largest absolute Gasteiger partial charge is 0.498 e. The zero-order valence-electron chi connectivity index (χ0n) is 42.4. The summed E-state index contributed by atoms with van der Waals surface area (Å²) < 4.78 is 34.1. The van der Waals surface area contributed by atoms with Crippen LogP contribution in [-0.4, -0.2) is 95.1 Å². The Morgan fingerprint density at radius 2 is 1.11 bits per heavy atom. The Bertz CT molecular complexity index is 2800. The SMILES string of the molecule is COC1=C(C(=O)OC(c2ccccc2)c2ccccc2)N2C(=O)[C@@H](NC(=O)C(NC(=O)OC(C)(C)C)c3cccc(NC(=O)OCC(NC(=O)OC(C)(C)C)C(=O)OC(c4ccccc4)c4ccccc4)c3)[C@H]2SC1. The number of carbonyl (C=O) groups is 7. The minimum atomic E-state index is -1.54. The standard InChI is InChI=1S/C56H59N5O13S/c1-55(2,3)73-53(67)58-40(50(64)71-45(34-21-12-8-13-22-34)35-23-14-9-15-24-35)32-70-52(66)57-39-30-20-29-38(31-39)42(60-54(68)74-56(4,5)6)47(62)59-43-48(63)61-44(41(69-7)33-75-49(43)61)51(65)72-46(36-25-16-10-17-26-36)37-27-18-11-19-28-37/h8-31,40,42-43,45-46,49H,32-33H2,1-7H3,(H,57,66)(H,58,67)(H,59,62)(H,60,68)/t40?,42?,43-,49-/m1/s1. The quantitative estimate of drug-likeness (QED) is 0.0389. The lowest BCUT2D eigenvalue weighted by Crippen LogP contribution is -2.71. The van der Waals surface area contributed by atoms with Crippen molar-refractivity contribution in [3.05, 3.63) is 185 Å². The van der Waals surface area contributed by atoms with Gasteiger partial charge in [-0.25, -0.2) is 24.0 Å². The van der Waals surface area contributed by atoms with Crippen LogP contribution >= 0.6 is 11.8 Å². The summed E-state index contributed by atoms with van der Waals surface area (Å²) >= 11 is 1.25. The van der Waals surface area contributed by atoms with Crippen molar-refractivity contribution in [1.82, 2.24) is 20.9 Å². The number of rotatable bonds is 17. The molecule has 5 amide bonds. The summed E-state index contributed by atoms with van der Waals surface area (Å²) in [6, 6.07) is 37.9. The van der Waals surface area contributed by atoms with E-state index in [1.165, 1.54) is 48.0 Å². The van der Waals surface area contributed by atoms with E-state index in [0.29, 0.717) is 22.3 Å². The van der Waals surface area contributed by atoms with E-state index < -0.39 is 95.5 Å². The van der Waals surface area contributed by atoms with Crippen LogP contribution in [0.15, 0.2) is 157 Å². The van der Waals surface area contributed by atoms with E-state index in [0.717, 1.165) is 0 Å². The summed E-state index contributed by atoms with van der Waals surface area (Å²) in [5, 5.41) is 9.56. The number of alkyl carbamates (subject to hydrolysis) is 2. The van der Waals surface area contributed by atoms with Crippen LogP contribution < -0.4 is 21.3 Å². The summed E-state index contributed by atoms with van der Waals surface area (Å²) in [5.74, 6) is -2.83. The Labute approximate surface area is 438 Å². The molecule has 5 aromatic rings. The first-order valence-corrected chi connectivity index (χ1v) is 25.0. The molecule has 2 aliphatic rings. The molecular formula is C56H59N5O13S. The van der Waals surface area contributed by atoms with Crippen LogP contribution in [-0.2, 0) is 47.6 Å². The van der Waals surface area contributed by atoms with Crippen LogP contribution in [0, 0.1) is 0 Å². The smallest absolute Gasteiger partial charge is 0.411 e. The summed E-state index contributed by atoms with van der Waals surface area (Å²) in [4.78, 5) is 97.5. The number of hydrogen-bond acceptors (Lipinski definition) is 14. The molecule has 1 saturated heterocycles. The number of nitrogens with zero attached hydrogens (tertiary/aromatic N) is 1. The normalized spacial score (nSPS) is 16.0. The second-order valence-electron chi connectivity index (χ2n) is 19.2. The van der Waals surface area contributed by atoms with Crippen molar-refractivity contribution in [2.75, 3.05) is 24.8 Å². The highest BCUT2D eigenvalue weighted by molar-refractivity contribution is 8.00. The molecule has 4 atom stereocenters. The van der Waals surface area contributed by atoms with Gasteiger partial charge in [0.15, 0.2) is 23.9 Å². The van der Waals surface area contributed by atoms with Gasteiger partial charge in [-0.2, -0.15) is 0 Å². The Morgan fingerprint density at radius 3 is 1.60 bits per heavy atom. The molecule has 0 spiro atoms. The van der Waals surface area contributed by atoms with Crippen LogP contribution in [0.3, 0.4) is 0 Å². The second kappa shape index (κ2) is 24.1. The van der Waals surface area contributed by atoms with Crippen molar-refractivity contribution in [2.45, 2.75) is 88.5 Å². The summed E-state index contributed by atoms with van der Waals surface area (Å²) in [6.07, 6.45) is -4.70. The molecule has 75 heavy (non-hydrogen) atoms. The monoisotopic (exact) mass is 1040 g/mol. The van der Waals surface area contributed by atoms with Crippen molar-refractivity contribution >= 4 is 59.5 Å². The highest BCUT2D eigenvalue weighted by Crippen LogP contribution is 2.42. The Balaban J connectivity index is 1.06. The molecule has 0 bridgehead atoms. The van der Waals surface area contributed by atoms with Crippen LogP contribution in [0.2, 0.25) is 0 Å². The third-order valence-electron chi connectivity index (χ3n) is 11.3. The molecule has 0 radical (unpaired) electrons. The van der Waals surface area contributed by atoms with E-state index in [2.05, 4.69) is 21.3 Å². The average molecular weight is 1040 g/mol. The van der Waals surface area contributed by atoms with Gasteiger partial charge in [-0.1, -0.05) is 133 Å². The van der Waals surface area contributed by atoms with Crippen LogP contribution in [0.5, 0.6) is 0 Å². The molecule has 0 aromatic heterocycles. The number of esters is 2. The maximum Gasteiger partial charge on any atom is 0.411 e. The van der Waals surface area contributed by atoms with Crippen molar-refractivity contribution in [3.63, 3.8) is 0 Å². The van der Waals surface area contributed by atoms with Gasteiger partial charge < -0.3 is 44.4 Å². The average Bonchev–Trinajstić information content (AvgIpc) is 3.39. The van der Waals surface area contributed by atoms with Gasteiger partial charge in [0, 0.05) is 5.69 Å². The topological polar surface area (TPSA) is 226 Å². The van der Waals surface area contributed by atoms with Crippen molar-refractivity contribution < 1.29 is 62.0 Å². The minimum Gasteiger partial charge on any atom is -0.498 e. The van der Waals surface area contributed by atoms with E-state index >= 15 is 0 Å². The molecular weight excluding hydrogens is 983 g/mol. The predicted octanol–water partition coefficient (Wildman–Crippen LogP) is 8.62. The van der Waals surface area contributed by atoms with Gasteiger partial charge in [-0.05, 0) is 81.5 Å². The maximum absolute atomic E-state index is 14.4. The highest BCUT2D eigenvalue weighted by atomic mass is 32.2. The van der Waals surface area contributed by atoms with Crippen molar-refractivity contribution in [2.24, 2.45) is 0 Å². The van der Waals surface area contributed by atoms with Gasteiger partial charge >= 0.3 is 30.2 Å². The van der Waals surface area contributed by atoms with Gasteiger partial charge in [0.2, 0.25) is 5.91 Å². The van der Waals surface area contributed by atoms with E-state index in [4.69, 9.17) is 28.4 Å². The molecule has 5 aromatic carbocycles. The Hall–Kier alpha value is -8.32. The fourth-order valence-electron chi connectivity index (χ4n) is 7.96. The molecule has 0 aliphatic carbocycles. The summed E-state index contributed by atoms with van der Waals surface area (Å²) in [5.41, 5.74) is 0.935. The molecule has 2 aliphatic heterocycles. The number of amides is 5. The summed E-state index contributed by atoms with van der Waals surface area (Å²) in [6.45, 7) is 9.17. The van der Waals surface area contributed by atoms with Crippen molar-refractivity contribution in [1.29, 1.82) is 0 Å². The lowest BCUT2D eigenvalue weighted by molar-refractivity contribution is -0.155. The Morgan fingerprint density at radius 1 is 0.627 bits per heavy atom.